The fraction of sp³-hybridized carbons (Fsp3) is 0.556. The summed E-state index contributed by atoms with van der Waals surface area (Å²) in [6.45, 7) is 0.567. The minimum atomic E-state index is 0.0837. The molecule has 14 heavy (non-hydrogen) atoms. The van der Waals surface area contributed by atoms with Gasteiger partial charge in [0, 0.05) is 18.5 Å². The van der Waals surface area contributed by atoms with Crippen molar-refractivity contribution in [3.8, 4) is 0 Å². The molecule has 1 aromatic rings. The Balaban J connectivity index is 2.13. The number of nitrogens with zero attached hydrogens (tertiary/aromatic N) is 2. The van der Waals surface area contributed by atoms with E-state index in [4.69, 9.17) is 16.7 Å². The summed E-state index contributed by atoms with van der Waals surface area (Å²) in [4.78, 5) is 8.47. The summed E-state index contributed by atoms with van der Waals surface area (Å²) >= 11 is 5.85. The fourth-order valence-electron chi connectivity index (χ4n) is 1.23. The molecule has 2 N–H and O–H groups in total. The smallest absolute Gasteiger partial charge is 0.135 e. The van der Waals surface area contributed by atoms with E-state index in [1.54, 1.807) is 6.07 Å². The number of rotatable bonds is 4. The van der Waals surface area contributed by atoms with Crippen LogP contribution >= 0.6 is 11.6 Å². The molecular formula is C9H12ClN3O. The van der Waals surface area contributed by atoms with Crippen molar-refractivity contribution in [2.24, 2.45) is 0 Å². The third kappa shape index (κ3) is 2.33. The quantitative estimate of drug-likeness (QED) is 0.743. The van der Waals surface area contributed by atoms with Gasteiger partial charge in [-0.25, -0.2) is 9.97 Å². The van der Waals surface area contributed by atoms with Crippen LogP contribution in [0.4, 0.5) is 5.82 Å². The van der Waals surface area contributed by atoms with E-state index in [1.807, 2.05) is 0 Å². The molecule has 1 aliphatic carbocycles. The van der Waals surface area contributed by atoms with E-state index in [1.165, 1.54) is 0 Å². The number of hydrogen-bond donors (Lipinski definition) is 2. The molecule has 1 heterocycles. The molecule has 5 heteroatoms. The number of aromatic nitrogens is 2. The number of hydrogen-bond acceptors (Lipinski definition) is 4. The lowest BCUT2D eigenvalue weighted by atomic mass is 10.4. The molecule has 0 saturated heterocycles. The lowest BCUT2D eigenvalue weighted by Crippen LogP contribution is -2.08. The normalized spacial score (nSPS) is 15.6. The van der Waals surface area contributed by atoms with Gasteiger partial charge in [0.2, 0.25) is 0 Å². The molecule has 2 rings (SSSR count). The van der Waals surface area contributed by atoms with E-state index in [2.05, 4.69) is 15.3 Å². The van der Waals surface area contributed by atoms with Gasteiger partial charge in [-0.1, -0.05) is 11.6 Å². The summed E-state index contributed by atoms with van der Waals surface area (Å²) in [7, 11) is 0. The zero-order valence-corrected chi connectivity index (χ0v) is 8.46. The van der Waals surface area contributed by atoms with E-state index in [-0.39, 0.29) is 6.61 Å². The maximum atomic E-state index is 8.65. The molecule has 0 atom stereocenters. The molecule has 1 aromatic heterocycles. The maximum absolute atomic E-state index is 8.65. The van der Waals surface area contributed by atoms with Crippen molar-refractivity contribution < 1.29 is 5.11 Å². The van der Waals surface area contributed by atoms with E-state index in [0.717, 1.165) is 18.7 Å². The Kier molecular flexibility index (Phi) is 2.84. The van der Waals surface area contributed by atoms with Crippen molar-refractivity contribution in [3.05, 3.63) is 17.0 Å². The van der Waals surface area contributed by atoms with Crippen LogP contribution in [0.5, 0.6) is 0 Å². The predicted molar refractivity (Wildman–Crippen MR) is 54.6 cm³/mol. The molecule has 0 unspecified atom stereocenters. The Morgan fingerprint density at radius 2 is 2.29 bits per heavy atom. The van der Waals surface area contributed by atoms with Crippen molar-refractivity contribution in [2.45, 2.75) is 18.8 Å². The Morgan fingerprint density at radius 3 is 2.93 bits per heavy atom. The van der Waals surface area contributed by atoms with Crippen LogP contribution in [0.3, 0.4) is 0 Å². The summed E-state index contributed by atoms with van der Waals surface area (Å²) in [6.07, 6.45) is 2.31. The van der Waals surface area contributed by atoms with Crippen molar-refractivity contribution in [1.82, 2.24) is 9.97 Å². The SMILES string of the molecule is OCCNc1cc(Cl)nc(C2CC2)n1. The van der Waals surface area contributed by atoms with E-state index in [9.17, 15) is 0 Å². The van der Waals surface area contributed by atoms with E-state index in [0.29, 0.717) is 23.4 Å². The lowest BCUT2D eigenvalue weighted by molar-refractivity contribution is 0.311. The van der Waals surface area contributed by atoms with Crippen LogP contribution in [-0.4, -0.2) is 28.2 Å². The van der Waals surface area contributed by atoms with Gasteiger partial charge >= 0.3 is 0 Å². The average Bonchev–Trinajstić information content (AvgIpc) is 2.97. The number of anilines is 1. The molecule has 0 bridgehead atoms. The van der Waals surface area contributed by atoms with Crippen molar-refractivity contribution in [3.63, 3.8) is 0 Å². The highest BCUT2D eigenvalue weighted by atomic mass is 35.5. The van der Waals surface area contributed by atoms with Gasteiger partial charge in [-0.15, -0.1) is 0 Å². The third-order valence-corrected chi connectivity index (χ3v) is 2.27. The molecule has 0 radical (unpaired) electrons. The molecule has 76 valence electrons. The molecule has 1 fully saturated rings. The van der Waals surface area contributed by atoms with Crippen LogP contribution in [0.25, 0.3) is 0 Å². The third-order valence-electron chi connectivity index (χ3n) is 2.07. The van der Waals surface area contributed by atoms with Gasteiger partial charge in [-0.05, 0) is 12.8 Å². The zero-order chi connectivity index (χ0) is 9.97. The van der Waals surface area contributed by atoms with Gasteiger partial charge in [0.15, 0.2) is 0 Å². The zero-order valence-electron chi connectivity index (χ0n) is 7.70. The summed E-state index contributed by atoms with van der Waals surface area (Å²) in [5.41, 5.74) is 0. The molecule has 0 spiro atoms. The highest BCUT2D eigenvalue weighted by Crippen LogP contribution is 2.38. The van der Waals surface area contributed by atoms with Gasteiger partial charge in [0.1, 0.15) is 16.8 Å². The fourth-order valence-corrected chi connectivity index (χ4v) is 1.42. The lowest BCUT2D eigenvalue weighted by Gasteiger charge is -2.05. The Morgan fingerprint density at radius 1 is 1.50 bits per heavy atom. The topological polar surface area (TPSA) is 58.0 Å². The first-order valence-electron chi connectivity index (χ1n) is 4.69. The van der Waals surface area contributed by atoms with Crippen LogP contribution in [0.15, 0.2) is 6.07 Å². The van der Waals surface area contributed by atoms with Gasteiger partial charge < -0.3 is 10.4 Å². The minimum absolute atomic E-state index is 0.0837. The number of aliphatic hydroxyl groups is 1. The Bertz CT molecular complexity index is 328. The number of aliphatic hydroxyl groups excluding tert-OH is 1. The van der Waals surface area contributed by atoms with Gasteiger partial charge in [0.25, 0.3) is 0 Å². The van der Waals surface area contributed by atoms with Crippen molar-refractivity contribution in [2.75, 3.05) is 18.5 Å². The number of nitrogens with one attached hydrogen (secondary N) is 1. The molecule has 1 saturated carbocycles. The summed E-state index contributed by atoms with van der Waals surface area (Å²) < 4.78 is 0. The van der Waals surface area contributed by atoms with Crippen LogP contribution in [0, 0.1) is 0 Å². The van der Waals surface area contributed by atoms with Gasteiger partial charge in [0.05, 0.1) is 6.61 Å². The second-order valence-electron chi connectivity index (χ2n) is 3.36. The molecule has 0 amide bonds. The number of halogens is 1. The van der Waals surface area contributed by atoms with Crippen LogP contribution in [-0.2, 0) is 0 Å². The first-order valence-corrected chi connectivity index (χ1v) is 5.06. The summed E-state index contributed by atoms with van der Waals surface area (Å²) in [5.74, 6) is 2.00. The van der Waals surface area contributed by atoms with E-state index < -0.39 is 0 Å². The first-order chi connectivity index (χ1) is 6.79. The van der Waals surface area contributed by atoms with Crippen LogP contribution < -0.4 is 5.32 Å². The Hall–Kier alpha value is -0.870. The summed E-state index contributed by atoms with van der Waals surface area (Å²) in [6, 6.07) is 1.67. The van der Waals surface area contributed by atoms with Crippen LogP contribution in [0.2, 0.25) is 5.15 Å². The van der Waals surface area contributed by atoms with E-state index >= 15 is 0 Å². The molecular weight excluding hydrogens is 202 g/mol. The average molecular weight is 214 g/mol. The Labute approximate surface area is 87.3 Å². The molecule has 0 aromatic carbocycles. The van der Waals surface area contributed by atoms with Crippen molar-refractivity contribution >= 4 is 17.4 Å². The first kappa shape index (κ1) is 9.68. The van der Waals surface area contributed by atoms with Gasteiger partial charge in [-0.3, -0.25) is 0 Å². The second-order valence-corrected chi connectivity index (χ2v) is 3.75. The predicted octanol–water partition coefficient (Wildman–Crippen LogP) is 1.41. The van der Waals surface area contributed by atoms with Crippen LogP contribution in [0.1, 0.15) is 24.6 Å². The standard InChI is InChI=1S/C9H12ClN3O/c10-7-5-8(11-3-4-14)13-9(12-7)6-1-2-6/h5-6,14H,1-4H2,(H,11,12,13). The molecule has 1 aliphatic rings. The molecule has 4 nitrogen and oxygen atoms in total. The summed E-state index contributed by atoms with van der Waals surface area (Å²) in [5, 5.41) is 12.1. The molecule has 0 aliphatic heterocycles. The highest BCUT2D eigenvalue weighted by molar-refractivity contribution is 6.29. The van der Waals surface area contributed by atoms with Gasteiger partial charge in [-0.2, -0.15) is 0 Å². The highest BCUT2D eigenvalue weighted by Gasteiger charge is 2.27. The maximum Gasteiger partial charge on any atom is 0.135 e. The van der Waals surface area contributed by atoms with Crippen molar-refractivity contribution in [1.29, 1.82) is 0 Å². The largest absolute Gasteiger partial charge is 0.395 e. The second kappa shape index (κ2) is 4.11. The monoisotopic (exact) mass is 213 g/mol. The minimum Gasteiger partial charge on any atom is -0.395 e.